The Bertz CT molecular complexity index is 1070. The summed E-state index contributed by atoms with van der Waals surface area (Å²) < 4.78 is 0. The number of benzene rings is 1. The highest BCUT2D eigenvalue weighted by molar-refractivity contribution is 7.20. The highest BCUT2D eigenvalue weighted by atomic mass is 32.1. The highest BCUT2D eigenvalue weighted by Crippen LogP contribution is 2.34. The average molecular weight is 438 g/mol. The molecule has 0 unspecified atom stereocenters. The summed E-state index contributed by atoms with van der Waals surface area (Å²) in [7, 11) is 0. The zero-order chi connectivity index (χ0) is 21.8. The molecule has 1 fully saturated rings. The lowest BCUT2D eigenvalue weighted by Crippen LogP contribution is -2.50. The molecule has 2 aromatic heterocycles. The Labute approximate surface area is 186 Å². The first-order valence-electron chi connectivity index (χ1n) is 10.6. The summed E-state index contributed by atoms with van der Waals surface area (Å²) >= 11 is 1.42. The molecule has 1 aromatic carbocycles. The fraction of sp³-hybridized carbons (Fsp3) is 0.391. The van der Waals surface area contributed by atoms with Crippen LogP contribution >= 0.6 is 11.3 Å². The Morgan fingerprint density at radius 1 is 1.06 bits per heavy atom. The molecule has 2 amide bonds. The number of rotatable bonds is 6. The molecule has 8 heteroatoms. The first-order chi connectivity index (χ1) is 15.0. The van der Waals surface area contributed by atoms with Crippen LogP contribution in [0.15, 0.2) is 36.7 Å². The number of fused-ring (bicyclic) bond motifs is 1. The van der Waals surface area contributed by atoms with Crippen molar-refractivity contribution in [1.82, 2.24) is 19.8 Å². The first kappa shape index (κ1) is 21.2. The van der Waals surface area contributed by atoms with E-state index in [1.165, 1.54) is 16.9 Å². The van der Waals surface area contributed by atoms with Gasteiger partial charge in [0.1, 0.15) is 17.0 Å². The van der Waals surface area contributed by atoms with Crippen LogP contribution in [0.3, 0.4) is 0 Å². The molecule has 1 aliphatic heterocycles. The van der Waals surface area contributed by atoms with Gasteiger partial charge < -0.3 is 15.1 Å². The van der Waals surface area contributed by atoms with Gasteiger partial charge in [0.25, 0.3) is 5.91 Å². The molecule has 7 nitrogen and oxygen atoms in total. The number of aromatic nitrogens is 2. The smallest absolute Gasteiger partial charge is 0.264 e. The lowest BCUT2D eigenvalue weighted by molar-refractivity contribution is -0.130. The van der Waals surface area contributed by atoms with E-state index in [9.17, 15) is 9.59 Å². The van der Waals surface area contributed by atoms with Gasteiger partial charge >= 0.3 is 0 Å². The molecular weight excluding hydrogens is 410 g/mol. The molecule has 0 bridgehead atoms. The third-order valence-electron chi connectivity index (χ3n) is 5.71. The lowest BCUT2D eigenvalue weighted by atomic mass is 10.1. The van der Waals surface area contributed by atoms with Gasteiger partial charge in [-0.1, -0.05) is 30.3 Å². The molecule has 0 radical (unpaired) electrons. The monoisotopic (exact) mass is 437 g/mol. The SMILES string of the molecule is CC(=O)N1CCN(C(=O)c2sc3ncnc(NCCCc4ccccc4)c3c2C)CC1. The Kier molecular flexibility index (Phi) is 6.46. The van der Waals surface area contributed by atoms with E-state index in [4.69, 9.17) is 0 Å². The van der Waals surface area contributed by atoms with Crippen LogP contribution in [-0.2, 0) is 11.2 Å². The standard InChI is InChI=1S/C23H27N5O2S/c1-16-19-21(24-10-6-9-18-7-4-3-5-8-18)25-15-26-22(19)31-20(16)23(30)28-13-11-27(12-14-28)17(2)29/h3-5,7-8,15H,6,9-14H2,1-2H3,(H,24,25,26). The number of carbonyl (C=O) groups is 2. The summed E-state index contributed by atoms with van der Waals surface area (Å²) in [4.78, 5) is 38.7. The largest absolute Gasteiger partial charge is 0.369 e. The molecule has 31 heavy (non-hydrogen) atoms. The summed E-state index contributed by atoms with van der Waals surface area (Å²) in [6.07, 6.45) is 3.54. The summed E-state index contributed by atoms with van der Waals surface area (Å²) in [6.45, 7) is 6.62. The number of aryl methyl sites for hydroxylation is 2. The van der Waals surface area contributed by atoms with E-state index in [1.54, 1.807) is 18.2 Å². The average Bonchev–Trinajstić information content (AvgIpc) is 3.14. The Balaban J connectivity index is 1.45. The first-order valence-corrected chi connectivity index (χ1v) is 11.4. The zero-order valence-corrected chi connectivity index (χ0v) is 18.7. The van der Waals surface area contributed by atoms with Crippen LogP contribution in [0.2, 0.25) is 0 Å². The van der Waals surface area contributed by atoms with Crippen molar-refractivity contribution >= 4 is 39.2 Å². The van der Waals surface area contributed by atoms with E-state index in [-0.39, 0.29) is 11.8 Å². The van der Waals surface area contributed by atoms with E-state index >= 15 is 0 Å². The van der Waals surface area contributed by atoms with Crippen molar-refractivity contribution in [3.05, 3.63) is 52.7 Å². The molecule has 1 saturated heterocycles. The molecule has 0 atom stereocenters. The van der Waals surface area contributed by atoms with Crippen LogP contribution in [0.25, 0.3) is 10.2 Å². The normalized spacial score (nSPS) is 14.1. The van der Waals surface area contributed by atoms with E-state index in [0.29, 0.717) is 31.1 Å². The van der Waals surface area contributed by atoms with Crippen molar-refractivity contribution in [2.24, 2.45) is 0 Å². The third kappa shape index (κ3) is 4.69. The molecular formula is C23H27N5O2S. The van der Waals surface area contributed by atoms with Gasteiger partial charge in [0.15, 0.2) is 0 Å². The van der Waals surface area contributed by atoms with Crippen LogP contribution in [0, 0.1) is 6.92 Å². The van der Waals surface area contributed by atoms with Gasteiger partial charge in [-0.3, -0.25) is 9.59 Å². The Morgan fingerprint density at radius 2 is 1.77 bits per heavy atom. The maximum absolute atomic E-state index is 13.2. The van der Waals surface area contributed by atoms with Gasteiger partial charge in [-0.25, -0.2) is 9.97 Å². The van der Waals surface area contributed by atoms with Crippen molar-refractivity contribution in [1.29, 1.82) is 0 Å². The summed E-state index contributed by atoms with van der Waals surface area (Å²) in [5, 5.41) is 4.36. The quantitative estimate of drug-likeness (QED) is 0.599. The van der Waals surface area contributed by atoms with Crippen LogP contribution in [0.5, 0.6) is 0 Å². The number of amides is 2. The molecule has 1 N–H and O–H groups in total. The number of nitrogens with one attached hydrogen (secondary N) is 1. The molecule has 3 aromatic rings. The van der Waals surface area contributed by atoms with Crippen molar-refractivity contribution in [2.75, 3.05) is 38.0 Å². The van der Waals surface area contributed by atoms with Crippen molar-refractivity contribution < 1.29 is 9.59 Å². The van der Waals surface area contributed by atoms with Gasteiger partial charge in [-0.2, -0.15) is 0 Å². The molecule has 3 heterocycles. The minimum Gasteiger partial charge on any atom is -0.369 e. The second-order valence-electron chi connectivity index (χ2n) is 7.77. The zero-order valence-electron chi connectivity index (χ0n) is 17.9. The predicted molar refractivity (Wildman–Crippen MR) is 124 cm³/mol. The molecule has 1 aliphatic rings. The number of hydrogen-bond acceptors (Lipinski definition) is 6. The van der Waals surface area contributed by atoms with Crippen LogP contribution in [0.1, 0.15) is 34.1 Å². The maximum Gasteiger partial charge on any atom is 0.264 e. The number of hydrogen-bond donors (Lipinski definition) is 1. The molecule has 0 spiro atoms. The van der Waals surface area contributed by atoms with Crippen LogP contribution in [0.4, 0.5) is 5.82 Å². The number of piperazine rings is 1. The fourth-order valence-electron chi connectivity index (χ4n) is 3.92. The minimum atomic E-state index is 0.0127. The predicted octanol–water partition coefficient (Wildman–Crippen LogP) is 3.35. The second-order valence-corrected chi connectivity index (χ2v) is 8.77. The van der Waals surface area contributed by atoms with Gasteiger partial charge in [-0.05, 0) is 30.9 Å². The van der Waals surface area contributed by atoms with E-state index < -0.39 is 0 Å². The minimum absolute atomic E-state index is 0.0127. The van der Waals surface area contributed by atoms with Gasteiger partial charge in [0.05, 0.1) is 10.3 Å². The molecule has 0 aliphatic carbocycles. The highest BCUT2D eigenvalue weighted by Gasteiger charge is 2.27. The van der Waals surface area contributed by atoms with E-state index in [1.807, 2.05) is 17.9 Å². The molecule has 162 valence electrons. The van der Waals surface area contributed by atoms with Gasteiger partial charge in [-0.15, -0.1) is 11.3 Å². The van der Waals surface area contributed by atoms with E-state index in [2.05, 4.69) is 39.6 Å². The molecule has 0 saturated carbocycles. The van der Waals surface area contributed by atoms with Crippen molar-refractivity contribution in [3.63, 3.8) is 0 Å². The maximum atomic E-state index is 13.2. The van der Waals surface area contributed by atoms with Gasteiger partial charge in [0, 0.05) is 39.6 Å². The summed E-state index contributed by atoms with van der Waals surface area (Å²) in [6, 6.07) is 10.4. The van der Waals surface area contributed by atoms with Gasteiger partial charge in [0.2, 0.25) is 5.91 Å². The topological polar surface area (TPSA) is 78.4 Å². The van der Waals surface area contributed by atoms with Crippen LogP contribution in [-0.4, -0.2) is 64.3 Å². The third-order valence-corrected chi connectivity index (χ3v) is 6.90. The Morgan fingerprint density at radius 3 is 2.48 bits per heavy atom. The summed E-state index contributed by atoms with van der Waals surface area (Å²) in [5.74, 6) is 0.856. The van der Waals surface area contributed by atoms with Crippen molar-refractivity contribution in [2.45, 2.75) is 26.7 Å². The fourth-order valence-corrected chi connectivity index (χ4v) is 5.04. The Hall–Kier alpha value is -3.00. The lowest BCUT2D eigenvalue weighted by Gasteiger charge is -2.34. The number of carbonyl (C=O) groups excluding carboxylic acids is 2. The second kappa shape index (κ2) is 9.43. The number of nitrogens with zero attached hydrogens (tertiary/aromatic N) is 4. The van der Waals surface area contributed by atoms with E-state index in [0.717, 1.165) is 41.0 Å². The summed E-state index contributed by atoms with van der Waals surface area (Å²) in [5.41, 5.74) is 2.24. The van der Waals surface area contributed by atoms with Crippen molar-refractivity contribution in [3.8, 4) is 0 Å². The molecule has 4 rings (SSSR count). The number of anilines is 1. The number of thiophene rings is 1. The van der Waals surface area contributed by atoms with Crippen LogP contribution < -0.4 is 5.32 Å².